The summed E-state index contributed by atoms with van der Waals surface area (Å²) < 4.78 is 1.43. The van der Waals surface area contributed by atoms with Crippen LogP contribution in [0.15, 0.2) is 34.8 Å². The van der Waals surface area contributed by atoms with E-state index in [-0.39, 0.29) is 17.0 Å². The highest BCUT2D eigenvalue weighted by Gasteiger charge is 2.24. The number of allylic oxidation sites excluding steroid dienone is 1. The van der Waals surface area contributed by atoms with Gasteiger partial charge in [0.05, 0.1) is 10.9 Å². The van der Waals surface area contributed by atoms with Gasteiger partial charge in [-0.15, -0.1) is 0 Å². The summed E-state index contributed by atoms with van der Waals surface area (Å²) in [5.41, 5.74) is 0.508. The van der Waals surface area contributed by atoms with Gasteiger partial charge >= 0.3 is 5.97 Å². The Labute approximate surface area is 113 Å². The van der Waals surface area contributed by atoms with Crippen molar-refractivity contribution < 1.29 is 15.0 Å². The maximum absolute atomic E-state index is 12.4. The zero-order chi connectivity index (χ0) is 14.3. The smallest absolute Gasteiger partial charge is 0.371 e. The number of aliphatic hydroxyl groups excluding tert-OH is 1. The lowest BCUT2D eigenvalue weighted by Crippen LogP contribution is -2.28. The Morgan fingerprint density at radius 1 is 1.25 bits per heavy atom. The summed E-state index contributed by atoms with van der Waals surface area (Å²) in [5.74, 6) is -1.89. The van der Waals surface area contributed by atoms with Gasteiger partial charge < -0.3 is 10.2 Å². The minimum Gasteiger partial charge on any atom is -0.502 e. The minimum atomic E-state index is -1.41. The van der Waals surface area contributed by atoms with E-state index < -0.39 is 11.7 Å². The lowest BCUT2D eigenvalue weighted by Gasteiger charge is -2.20. The Morgan fingerprint density at radius 2 is 2.00 bits per heavy atom. The summed E-state index contributed by atoms with van der Waals surface area (Å²) in [6, 6.07) is 6.90. The van der Waals surface area contributed by atoms with E-state index in [4.69, 9.17) is 5.11 Å². The first kappa shape index (κ1) is 12.4. The van der Waals surface area contributed by atoms with E-state index in [1.165, 1.54) is 4.57 Å². The molecule has 6 nitrogen and oxygen atoms in total. The fraction of sp³-hybridized carbons (Fsp3) is 0.214. The second kappa shape index (κ2) is 4.48. The third kappa shape index (κ3) is 1.77. The van der Waals surface area contributed by atoms with Gasteiger partial charge in [0, 0.05) is 12.1 Å². The predicted molar refractivity (Wildman–Crippen MR) is 72.4 cm³/mol. The maximum atomic E-state index is 12.4. The third-order valence-electron chi connectivity index (χ3n) is 3.43. The Balaban J connectivity index is 2.38. The SMILES string of the molecule is O=C(O)/C(O)=C1\CCCn2c1nc1ccccc1c2=O. The Bertz CT molecular complexity index is 804. The van der Waals surface area contributed by atoms with Crippen LogP contribution in [0.5, 0.6) is 0 Å². The van der Waals surface area contributed by atoms with E-state index in [1.54, 1.807) is 24.3 Å². The van der Waals surface area contributed by atoms with E-state index >= 15 is 0 Å². The van der Waals surface area contributed by atoms with Crippen LogP contribution in [0.1, 0.15) is 18.7 Å². The second-order valence-corrected chi connectivity index (χ2v) is 4.65. The molecule has 0 saturated carbocycles. The molecule has 1 aliphatic heterocycles. The van der Waals surface area contributed by atoms with Gasteiger partial charge in [-0.3, -0.25) is 9.36 Å². The summed E-state index contributed by atoms with van der Waals surface area (Å²) in [6.45, 7) is 0.475. The molecule has 2 N–H and O–H groups in total. The molecule has 0 spiro atoms. The third-order valence-corrected chi connectivity index (χ3v) is 3.43. The average molecular weight is 272 g/mol. The molecule has 20 heavy (non-hydrogen) atoms. The number of benzene rings is 1. The van der Waals surface area contributed by atoms with Crippen molar-refractivity contribution in [2.24, 2.45) is 0 Å². The van der Waals surface area contributed by atoms with Crippen LogP contribution >= 0.6 is 0 Å². The highest BCUT2D eigenvalue weighted by atomic mass is 16.4. The van der Waals surface area contributed by atoms with Crippen LogP contribution in [-0.2, 0) is 11.3 Å². The van der Waals surface area contributed by atoms with Gasteiger partial charge in [0.2, 0.25) is 5.76 Å². The molecule has 0 amide bonds. The molecule has 0 bridgehead atoms. The van der Waals surface area contributed by atoms with Gasteiger partial charge in [-0.05, 0) is 25.0 Å². The van der Waals surface area contributed by atoms with E-state index in [2.05, 4.69) is 4.98 Å². The molecular weight excluding hydrogens is 260 g/mol. The maximum Gasteiger partial charge on any atom is 0.371 e. The molecule has 1 aromatic heterocycles. The standard InChI is InChI=1S/C14H12N2O4/c17-11(14(19)20)9-5-3-7-16-12(9)15-10-6-2-1-4-8(10)13(16)18/h1-2,4,6,17H,3,5,7H2,(H,19,20)/b11-9-. The summed E-state index contributed by atoms with van der Waals surface area (Å²) in [4.78, 5) is 27.7. The number of aromatic nitrogens is 2. The van der Waals surface area contributed by atoms with Crippen molar-refractivity contribution in [2.45, 2.75) is 19.4 Å². The van der Waals surface area contributed by atoms with Crippen LogP contribution in [-0.4, -0.2) is 25.7 Å². The van der Waals surface area contributed by atoms with Gasteiger partial charge in [-0.2, -0.15) is 0 Å². The first-order valence-corrected chi connectivity index (χ1v) is 6.25. The largest absolute Gasteiger partial charge is 0.502 e. The minimum absolute atomic E-state index is 0.207. The van der Waals surface area contributed by atoms with Crippen molar-refractivity contribution in [2.75, 3.05) is 0 Å². The van der Waals surface area contributed by atoms with Gasteiger partial charge in [0.25, 0.3) is 5.56 Å². The normalized spacial score (nSPS) is 16.8. The number of aliphatic carboxylic acids is 1. The molecule has 0 fully saturated rings. The molecule has 0 aliphatic carbocycles. The summed E-state index contributed by atoms with van der Waals surface area (Å²) >= 11 is 0. The number of carboxylic acid groups (broad SMARTS) is 1. The summed E-state index contributed by atoms with van der Waals surface area (Å²) in [5, 5.41) is 19.1. The molecule has 0 atom stereocenters. The Kier molecular flexibility index (Phi) is 2.78. The van der Waals surface area contributed by atoms with Crippen molar-refractivity contribution in [3.63, 3.8) is 0 Å². The van der Waals surface area contributed by atoms with Gasteiger partial charge in [-0.1, -0.05) is 12.1 Å². The molecular formula is C14H12N2O4. The van der Waals surface area contributed by atoms with E-state index in [1.807, 2.05) is 0 Å². The molecule has 3 rings (SSSR count). The van der Waals surface area contributed by atoms with Gasteiger partial charge in [0.15, 0.2) is 0 Å². The molecule has 0 saturated heterocycles. The number of nitrogens with zero attached hydrogens (tertiary/aromatic N) is 2. The van der Waals surface area contributed by atoms with Crippen LogP contribution in [0.4, 0.5) is 0 Å². The predicted octanol–water partition coefficient (Wildman–Crippen LogP) is 1.54. The van der Waals surface area contributed by atoms with Crippen LogP contribution in [0.3, 0.4) is 0 Å². The van der Waals surface area contributed by atoms with E-state index in [9.17, 15) is 14.7 Å². The lowest BCUT2D eigenvalue weighted by molar-refractivity contribution is -0.135. The monoisotopic (exact) mass is 272 g/mol. The molecule has 102 valence electrons. The fourth-order valence-corrected chi connectivity index (χ4v) is 2.48. The average Bonchev–Trinajstić information content (AvgIpc) is 2.46. The molecule has 2 aromatic rings. The molecule has 2 heterocycles. The fourth-order valence-electron chi connectivity index (χ4n) is 2.48. The molecule has 0 radical (unpaired) electrons. The number of rotatable bonds is 1. The van der Waals surface area contributed by atoms with Crippen molar-refractivity contribution in [3.05, 3.63) is 46.2 Å². The van der Waals surface area contributed by atoms with Crippen molar-refractivity contribution >= 4 is 22.4 Å². The Morgan fingerprint density at radius 3 is 2.75 bits per heavy atom. The summed E-state index contributed by atoms with van der Waals surface area (Å²) in [6.07, 6.45) is 0.989. The molecule has 6 heteroatoms. The topological polar surface area (TPSA) is 92.4 Å². The number of para-hydroxylation sites is 1. The van der Waals surface area contributed by atoms with E-state index in [0.29, 0.717) is 30.3 Å². The van der Waals surface area contributed by atoms with Crippen LogP contribution in [0, 0.1) is 0 Å². The quantitative estimate of drug-likeness (QED) is 0.607. The highest BCUT2D eigenvalue weighted by Crippen LogP contribution is 2.27. The first-order chi connectivity index (χ1) is 9.59. The van der Waals surface area contributed by atoms with Gasteiger partial charge in [-0.25, -0.2) is 9.78 Å². The lowest BCUT2D eigenvalue weighted by atomic mass is 10.0. The first-order valence-electron chi connectivity index (χ1n) is 6.25. The highest BCUT2D eigenvalue weighted by molar-refractivity contribution is 5.93. The van der Waals surface area contributed by atoms with Crippen molar-refractivity contribution in [1.29, 1.82) is 0 Å². The number of carbonyl (C=O) groups is 1. The zero-order valence-corrected chi connectivity index (χ0v) is 10.5. The second-order valence-electron chi connectivity index (χ2n) is 4.65. The molecule has 1 aromatic carbocycles. The summed E-state index contributed by atoms with van der Waals surface area (Å²) in [7, 11) is 0. The number of hydrogen-bond donors (Lipinski definition) is 2. The number of hydrogen-bond acceptors (Lipinski definition) is 4. The zero-order valence-electron chi connectivity index (χ0n) is 10.5. The molecule has 0 unspecified atom stereocenters. The van der Waals surface area contributed by atoms with Crippen molar-refractivity contribution in [1.82, 2.24) is 9.55 Å². The Hall–Kier alpha value is -2.63. The number of aliphatic hydroxyl groups is 1. The molecule has 1 aliphatic rings. The van der Waals surface area contributed by atoms with Crippen LogP contribution in [0.25, 0.3) is 16.5 Å². The van der Waals surface area contributed by atoms with Gasteiger partial charge in [0.1, 0.15) is 5.82 Å². The van der Waals surface area contributed by atoms with Crippen LogP contribution < -0.4 is 5.56 Å². The number of fused-ring (bicyclic) bond motifs is 2. The van der Waals surface area contributed by atoms with E-state index in [0.717, 1.165) is 0 Å². The van der Waals surface area contributed by atoms with Crippen molar-refractivity contribution in [3.8, 4) is 0 Å². The number of carboxylic acids is 1. The van der Waals surface area contributed by atoms with Crippen LogP contribution in [0.2, 0.25) is 0 Å².